The van der Waals surface area contributed by atoms with Gasteiger partial charge in [-0.05, 0) is 31.5 Å². The molecular formula is C14H16N2O2. The Morgan fingerprint density at radius 2 is 2.17 bits per heavy atom. The number of aryl methyl sites for hydroxylation is 1. The fourth-order valence-corrected chi connectivity index (χ4v) is 2.43. The van der Waals surface area contributed by atoms with Crippen LogP contribution in [0.3, 0.4) is 0 Å². The molecule has 0 aliphatic rings. The molecule has 2 aromatic heterocycles. The number of fused-ring (bicyclic) bond motifs is 3. The largest absolute Gasteiger partial charge is 0.464 e. The van der Waals surface area contributed by atoms with Crippen LogP contribution in [0.15, 0.2) is 28.9 Å². The molecule has 3 aromatic rings. The standard InChI is InChI=1S/C14H16N2O2/c1-3-12-10-4-5-13-11(6-7-18-13)14(10)16(15-12)8-9(2)17/h4-7,9,17H,3,8H2,1-2H3. The van der Waals surface area contributed by atoms with Gasteiger partial charge in [0.15, 0.2) is 0 Å². The number of aromatic nitrogens is 2. The molecule has 4 heteroatoms. The molecule has 0 aliphatic carbocycles. The van der Waals surface area contributed by atoms with Gasteiger partial charge in [0.25, 0.3) is 0 Å². The minimum atomic E-state index is -0.417. The first-order valence-electron chi connectivity index (χ1n) is 6.24. The Balaban J connectivity index is 2.36. The fraction of sp³-hybridized carbons (Fsp3) is 0.357. The van der Waals surface area contributed by atoms with Gasteiger partial charge in [-0.15, -0.1) is 0 Å². The van der Waals surface area contributed by atoms with Gasteiger partial charge in [0.2, 0.25) is 0 Å². The Hall–Kier alpha value is -1.81. The van der Waals surface area contributed by atoms with E-state index in [1.807, 2.05) is 22.9 Å². The highest BCUT2D eigenvalue weighted by molar-refractivity contribution is 6.04. The van der Waals surface area contributed by atoms with Gasteiger partial charge in [-0.25, -0.2) is 0 Å². The highest BCUT2D eigenvalue weighted by Crippen LogP contribution is 2.28. The lowest BCUT2D eigenvalue weighted by atomic mass is 10.1. The zero-order chi connectivity index (χ0) is 12.7. The van der Waals surface area contributed by atoms with Gasteiger partial charge < -0.3 is 9.52 Å². The maximum Gasteiger partial charge on any atom is 0.136 e. The smallest absolute Gasteiger partial charge is 0.136 e. The van der Waals surface area contributed by atoms with E-state index < -0.39 is 6.10 Å². The average molecular weight is 244 g/mol. The molecule has 0 aliphatic heterocycles. The van der Waals surface area contributed by atoms with Crippen LogP contribution in [-0.4, -0.2) is 21.0 Å². The molecule has 0 spiro atoms. The monoisotopic (exact) mass is 244 g/mol. The van der Waals surface area contributed by atoms with Gasteiger partial charge in [-0.1, -0.05) is 6.92 Å². The van der Waals surface area contributed by atoms with Crippen LogP contribution < -0.4 is 0 Å². The van der Waals surface area contributed by atoms with Crippen LogP contribution in [0.1, 0.15) is 19.5 Å². The van der Waals surface area contributed by atoms with E-state index >= 15 is 0 Å². The molecule has 4 nitrogen and oxygen atoms in total. The van der Waals surface area contributed by atoms with Crippen LogP contribution in [0.5, 0.6) is 0 Å². The quantitative estimate of drug-likeness (QED) is 0.770. The van der Waals surface area contributed by atoms with E-state index in [4.69, 9.17) is 4.42 Å². The SMILES string of the molecule is CCc1nn(CC(C)O)c2c1ccc1occc12. The number of aliphatic hydroxyl groups is 1. The predicted octanol–water partition coefficient (Wildman–Crippen LogP) is 2.73. The second kappa shape index (κ2) is 4.14. The predicted molar refractivity (Wildman–Crippen MR) is 70.6 cm³/mol. The number of rotatable bonds is 3. The second-order valence-electron chi connectivity index (χ2n) is 4.63. The third-order valence-corrected chi connectivity index (χ3v) is 3.19. The van der Waals surface area contributed by atoms with Gasteiger partial charge in [-0.2, -0.15) is 5.10 Å². The van der Waals surface area contributed by atoms with Crippen LogP contribution in [0.4, 0.5) is 0 Å². The van der Waals surface area contributed by atoms with Crippen molar-refractivity contribution in [1.82, 2.24) is 9.78 Å². The van der Waals surface area contributed by atoms with Crippen LogP contribution in [0, 0.1) is 0 Å². The number of hydrogen-bond acceptors (Lipinski definition) is 3. The number of nitrogens with zero attached hydrogens (tertiary/aromatic N) is 2. The van der Waals surface area contributed by atoms with E-state index in [1.54, 1.807) is 13.2 Å². The molecule has 1 aromatic carbocycles. The Kier molecular flexibility index (Phi) is 2.59. The van der Waals surface area contributed by atoms with E-state index in [1.165, 1.54) is 0 Å². The summed E-state index contributed by atoms with van der Waals surface area (Å²) in [5, 5.41) is 16.4. The number of aliphatic hydroxyl groups excluding tert-OH is 1. The van der Waals surface area contributed by atoms with Gasteiger partial charge in [0, 0.05) is 10.8 Å². The Labute approximate surface area is 105 Å². The summed E-state index contributed by atoms with van der Waals surface area (Å²) >= 11 is 0. The van der Waals surface area contributed by atoms with Crippen molar-refractivity contribution in [2.24, 2.45) is 0 Å². The topological polar surface area (TPSA) is 51.2 Å². The third kappa shape index (κ3) is 1.61. The first-order valence-corrected chi connectivity index (χ1v) is 6.24. The molecule has 0 radical (unpaired) electrons. The van der Waals surface area contributed by atoms with E-state index in [0.29, 0.717) is 6.54 Å². The van der Waals surface area contributed by atoms with Crippen molar-refractivity contribution in [3.05, 3.63) is 30.2 Å². The molecule has 94 valence electrons. The Morgan fingerprint density at radius 3 is 2.89 bits per heavy atom. The van der Waals surface area contributed by atoms with Crippen molar-refractivity contribution < 1.29 is 9.52 Å². The lowest BCUT2D eigenvalue weighted by Gasteiger charge is -2.06. The summed E-state index contributed by atoms with van der Waals surface area (Å²) in [6, 6.07) is 5.98. The minimum absolute atomic E-state index is 0.417. The summed E-state index contributed by atoms with van der Waals surface area (Å²) in [7, 11) is 0. The van der Waals surface area contributed by atoms with Gasteiger partial charge in [-0.3, -0.25) is 4.68 Å². The van der Waals surface area contributed by atoms with Gasteiger partial charge in [0.05, 0.1) is 30.1 Å². The molecule has 18 heavy (non-hydrogen) atoms. The Bertz CT molecular complexity index is 694. The maximum absolute atomic E-state index is 9.59. The first-order chi connectivity index (χ1) is 8.70. The summed E-state index contributed by atoms with van der Waals surface area (Å²) in [6.45, 7) is 4.36. The fourth-order valence-electron chi connectivity index (χ4n) is 2.43. The number of furan rings is 1. The van der Waals surface area contributed by atoms with Crippen LogP contribution >= 0.6 is 0 Å². The van der Waals surface area contributed by atoms with E-state index in [2.05, 4.69) is 12.0 Å². The molecule has 1 unspecified atom stereocenters. The molecule has 0 bridgehead atoms. The molecule has 0 saturated heterocycles. The van der Waals surface area contributed by atoms with Crippen molar-refractivity contribution in [3.63, 3.8) is 0 Å². The Morgan fingerprint density at radius 1 is 1.33 bits per heavy atom. The molecule has 3 rings (SSSR count). The van der Waals surface area contributed by atoms with Gasteiger partial charge >= 0.3 is 0 Å². The van der Waals surface area contributed by atoms with E-state index in [9.17, 15) is 5.11 Å². The van der Waals surface area contributed by atoms with Crippen molar-refractivity contribution >= 4 is 21.9 Å². The highest BCUT2D eigenvalue weighted by atomic mass is 16.3. The molecule has 0 saturated carbocycles. The molecule has 0 amide bonds. The maximum atomic E-state index is 9.59. The summed E-state index contributed by atoms with van der Waals surface area (Å²) in [6.07, 6.45) is 2.15. The lowest BCUT2D eigenvalue weighted by molar-refractivity contribution is 0.170. The van der Waals surface area contributed by atoms with Crippen LogP contribution in [-0.2, 0) is 13.0 Å². The second-order valence-corrected chi connectivity index (χ2v) is 4.63. The zero-order valence-corrected chi connectivity index (χ0v) is 10.6. The number of hydrogen-bond donors (Lipinski definition) is 1. The van der Waals surface area contributed by atoms with E-state index in [-0.39, 0.29) is 0 Å². The lowest BCUT2D eigenvalue weighted by Crippen LogP contribution is -2.13. The average Bonchev–Trinajstić information content (AvgIpc) is 2.91. The van der Waals surface area contributed by atoms with Crippen molar-refractivity contribution in [2.75, 3.05) is 0 Å². The summed E-state index contributed by atoms with van der Waals surface area (Å²) in [4.78, 5) is 0. The summed E-state index contributed by atoms with van der Waals surface area (Å²) < 4.78 is 7.31. The minimum Gasteiger partial charge on any atom is -0.464 e. The molecule has 0 fully saturated rings. The highest BCUT2D eigenvalue weighted by Gasteiger charge is 2.14. The van der Waals surface area contributed by atoms with Gasteiger partial charge in [0.1, 0.15) is 5.58 Å². The molecule has 1 N–H and O–H groups in total. The summed E-state index contributed by atoms with van der Waals surface area (Å²) in [5.74, 6) is 0. The van der Waals surface area contributed by atoms with Crippen LogP contribution in [0.2, 0.25) is 0 Å². The number of benzene rings is 1. The zero-order valence-electron chi connectivity index (χ0n) is 10.6. The molecule has 2 heterocycles. The molecular weight excluding hydrogens is 228 g/mol. The normalized spacial score (nSPS) is 13.5. The van der Waals surface area contributed by atoms with Crippen molar-refractivity contribution in [2.45, 2.75) is 32.9 Å². The summed E-state index contributed by atoms with van der Waals surface area (Å²) in [5.41, 5.74) is 2.98. The van der Waals surface area contributed by atoms with Crippen molar-refractivity contribution in [3.8, 4) is 0 Å². The van der Waals surface area contributed by atoms with E-state index in [0.717, 1.165) is 34.0 Å². The van der Waals surface area contributed by atoms with Crippen molar-refractivity contribution in [1.29, 1.82) is 0 Å². The third-order valence-electron chi connectivity index (χ3n) is 3.19. The first kappa shape index (κ1) is 11.3. The molecule has 1 atom stereocenters. The van der Waals surface area contributed by atoms with Crippen LogP contribution in [0.25, 0.3) is 21.9 Å².